The summed E-state index contributed by atoms with van der Waals surface area (Å²) in [5.41, 5.74) is 5.97. The molecule has 7 nitrogen and oxygen atoms in total. The Morgan fingerprint density at radius 3 is 2.80 bits per heavy atom. The summed E-state index contributed by atoms with van der Waals surface area (Å²) < 4.78 is 6.22. The minimum Gasteiger partial charge on any atom is -0.488 e. The molecule has 0 atom stereocenters. The van der Waals surface area contributed by atoms with Gasteiger partial charge in [-0.2, -0.15) is 0 Å². The van der Waals surface area contributed by atoms with Crippen molar-refractivity contribution in [2.45, 2.75) is 45.4 Å². The molecular formula is C28H29N5O2. The van der Waals surface area contributed by atoms with Crippen molar-refractivity contribution < 1.29 is 4.74 Å². The molecule has 2 aromatic carbocycles. The average molecular weight is 468 g/mol. The summed E-state index contributed by atoms with van der Waals surface area (Å²) in [5, 5.41) is 1.10. The summed E-state index contributed by atoms with van der Waals surface area (Å²) in [6, 6.07) is 16.3. The van der Waals surface area contributed by atoms with Crippen molar-refractivity contribution in [3.05, 3.63) is 93.3 Å². The van der Waals surface area contributed by atoms with E-state index < -0.39 is 0 Å². The Morgan fingerprint density at radius 2 is 1.94 bits per heavy atom. The molecule has 7 heteroatoms. The number of ether oxygens (including phenoxy) is 1. The van der Waals surface area contributed by atoms with E-state index in [4.69, 9.17) is 9.72 Å². The predicted molar refractivity (Wildman–Crippen MR) is 137 cm³/mol. The largest absolute Gasteiger partial charge is 0.488 e. The van der Waals surface area contributed by atoms with Gasteiger partial charge in [-0.05, 0) is 42.5 Å². The van der Waals surface area contributed by atoms with Crippen molar-refractivity contribution in [2.75, 3.05) is 13.1 Å². The fourth-order valence-corrected chi connectivity index (χ4v) is 5.08. The van der Waals surface area contributed by atoms with Crippen molar-refractivity contribution in [1.29, 1.82) is 0 Å². The van der Waals surface area contributed by atoms with Crippen LogP contribution in [0.3, 0.4) is 0 Å². The van der Waals surface area contributed by atoms with Gasteiger partial charge in [-0.3, -0.25) is 14.7 Å². The van der Waals surface area contributed by atoms with E-state index in [1.807, 2.05) is 30.3 Å². The van der Waals surface area contributed by atoms with Crippen LogP contribution < -0.4 is 10.3 Å². The zero-order valence-corrected chi connectivity index (χ0v) is 19.7. The van der Waals surface area contributed by atoms with Gasteiger partial charge in [0.1, 0.15) is 12.4 Å². The highest BCUT2D eigenvalue weighted by atomic mass is 16.5. The number of aliphatic imine (C=N–C) groups is 1. The van der Waals surface area contributed by atoms with Gasteiger partial charge in [0.05, 0.1) is 17.0 Å². The predicted octanol–water partition coefficient (Wildman–Crippen LogP) is 4.36. The van der Waals surface area contributed by atoms with Crippen molar-refractivity contribution in [3.63, 3.8) is 0 Å². The highest BCUT2D eigenvalue weighted by Gasteiger charge is 2.24. The number of hydrogen-bond donors (Lipinski definition) is 2. The van der Waals surface area contributed by atoms with E-state index in [1.54, 1.807) is 0 Å². The molecule has 2 aromatic heterocycles. The van der Waals surface area contributed by atoms with Crippen LogP contribution in [0.4, 0.5) is 0 Å². The third kappa shape index (κ3) is 4.51. The van der Waals surface area contributed by atoms with Crippen molar-refractivity contribution in [1.82, 2.24) is 19.9 Å². The fourth-order valence-electron chi connectivity index (χ4n) is 5.08. The number of fused-ring (bicyclic) bond motifs is 2. The molecule has 0 aliphatic carbocycles. The van der Waals surface area contributed by atoms with Gasteiger partial charge in [0.25, 0.3) is 5.56 Å². The molecule has 4 aromatic rings. The quantitative estimate of drug-likeness (QED) is 0.441. The van der Waals surface area contributed by atoms with E-state index in [2.05, 4.69) is 44.3 Å². The van der Waals surface area contributed by atoms with E-state index in [0.717, 1.165) is 84.5 Å². The zero-order valence-electron chi connectivity index (χ0n) is 19.7. The monoisotopic (exact) mass is 467 g/mol. The van der Waals surface area contributed by atoms with Gasteiger partial charge in [0.15, 0.2) is 5.82 Å². The Balaban J connectivity index is 1.22. The second-order valence-corrected chi connectivity index (χ2v) is 9.35. The highest BCUT2D eigenvalue weighted by molar-refractivity contribution is 5.97. The lowest BCUT2D eigenvalue weighted by molar-refractivity contribution is 0.242. The Kier molecular flexibility index (Phi) is 5.92. The van der Waals surface area contributed by atoms with Crippen LogP contribution in [0, 0.1) is 0 Å². The van der Waals surface area contributed by atoms with E-state index in [1.165, 1.54) is 5.56 Å². The summed E-state index contributed by atoms with van der Waals surface area (Å²) in [7, 11) is 0. The first-order chi connectivity index (χ1) is 17.2. The molecule has 0 bridgehead atoms. The average Bonchev–Trinajstić information content (AvgIpc) is 3.32. The minimum absolute atomic E-state index is 0.0335. The number of benzene rings is 2. The van der Waals surface area contributed by atoms with Crippen LogP contribution in [0.2, 0.25) is 0 Å². The van der Waals surface area contributed by atoms with Gasteiger partial charge in [-0.25, -0.2) is 4.98 Å². The van der Waals surface area contributed by atoms with Crippen molar-refractivity contribution in [2.24, 2.45) is 4.99 Å². The number of rotatable bonds is 6. The normalized spacial score (nSPS) is 16.2. The van der Waals surface area contributed by atoms with Gasteiger partial charge in [-0.15, -0.1) is 0 Å². The van der Waals surface area contributed by atoms with Crippen LogP contribution in [0.5, 0.6) is 5.75 Å². The van der Waals surface area contributed by atoms with Crippen LogP contribution in [0.25, 0.3) is 10.9 Å². The van der Waals surface area contributed by atoms with E-state index >= 15 is 0 Å². The molecule has 0 fully saturated rings. The maximum Gasteiger partial charge on any atom is 0.255 e. The molecule has 178 valence electrons. The molecule has 0 spiro atoms. The summed E-state index contributed by atoms with van der Waals surface area (Å²) in [6.07, 6.45) is 5.93. The molecular weight excluding hydrogens is 438 g/mol. The van der Waals surface area contributed by atoms with E-state index in [-0.39, 0.29) is 5.56 Å². The van der Waals surface area contributed by atoms with Gasteiger partial charge < -0.3 is 14.7 Å². The molecule has 6 rings (SSSR count). The SMILES string of the molecule is O=c1[nH]c(C2=NCCCC2)nc2c1CN(Cc1c[nH]c3cccc(OCc4ccccc4)c13)CC2. The number of nitrogens with zero attached hydrogens (tertiary/aromatic N) is 3. The fraction of sp³-hybridized carbons (Fsp3) is 0.321. The first-order valence-electron chi connectivity index (χ1n) is 12.4. The molecule has 2 N–H and O–H groups in total. The molecule has 0 amide bonds. The van der Waals surface area contributed by atoms with Crippen LogP contribution in [0.15, 0.2) is 64.5 Å². The van der Waals surface area contributed by atoms with Crippen LogP contribution in [0.1, 0.15) is 47.5 Å². The first kappa shape index (κ1) is 21.8. The smallest absolute Gasteiger partial charge is 0.255 e. The molecule has 0 saturated heterocycles. The van der Waals surface area contributed by atoms with Crippen LogP contribution in [-0.2, 0) is 26.1 Å². The topological polar surface area (TPSA) is 86.4 Å². The van der Waals surface area contributed by atoms with Crippen LogP contribution >= 0.6 is 0 Å². The molecule has 0 unspecified atom stereocenters. The Bertz CT molecular complexity index is 1440. The second-order valence-electron chi connectivity index (χ2n) is 9.35. The van der Waals surface area contributed by atoms with E-state index in [0.29, 0.717) is 19.0 Å². The lowest BCUT2D eigenvalue weighted by Crippen LogP contribution is -2.36. The van der Waals surface area contributed by atoms with Crippen molar-refractivity contribution >= 4 is 16.6 Å². The van der Waals surface area contributed by atoms with Gasteiger partial charge >= 0.3 is 0 Å². The highest BCUT2D eigenvalue weighted by Crippen LogP contribution is 2.31. The first-order valence-corrected chi connectivity index (χ1v) is 12.4. The third-order valence-electron chi connectivity index (χ3n) is 6.93. The van der Waals surface area contributed by atoms with Gasteiger partial charge in [-0.1, -0.05) is 36.4 Å². The minimum atomic E-state index is -0.0335. The van der Waals surface area contributed by atoms with Crippen molar-refractivity contribution in [3.8, 4) is 5.75 Å². The molecule has 4 heterocycles. The number of H-pyrrole nitrogens is 2. The zero-order chi connectivity index (χ0) is 23.6. The Hall–Kier alpha value is -3.71. The number of aromatic amines is 2. The standard InChI is InChI=1S/C28H29N5O2/c34-28-21-17-33(14-12-22(21)31-27(32-28)24-9-4-5-13-29-24)16-20-15-30-23-10-6-11-25(26(20)23)35-18-19-7-2-1-3-8-19/h1-3,6-8,10-11,15,30H,4-5,9,12-14,16-18H2,(H,31,32,34). The maximum atomic E-state index is 13.0. The third-order valence-corrected chi connectivity index (χ3v) is 6.93. The molecule has 35 heavy (non-hydrogen) atoms. The lowest BCUT2D eigenvalue weighted by atomic mass is 10.0. The second kappa shape index (κ2) is 9.50. The number of aromatic nitrogens is 3. The maximum absolute atomic E-state index is 13.0. The van der Waals surface area contributed by atoms with E-state index in [9.17, 15) is 4.79 Å². The lowest BCUT2D eigenvalue weighted by Gasteiger charge is -2.27. The molecule has 0 radical (unpaired) electrons. The van der Waals surface area contributed by atoms with Gasteiger partial charge in [0, 0.05) is 49.7 Å². The van der Waals surface area contributed by atoms with Crippen LogP contribution in [-0.4, -0.2) is 38.7 Å². The summed E-state index contributed by atoms with van der Waals surface area (Å²) in [4.78, 5) is 31.1. The molecule has 2 aliphatic rings. The Morgan fingerprint density at radius 1 is 1.03 bits per heavy atom. The van der Waals surface area contributed by atoms with Gasteiger partial charge in [0.2, 0.25) is 0 Å². The number of nitrogens with one attached hydrogen (secondary N) is 2. The molecule has 0 saturated carbocycles. The number of hydrogen-bond acceptors (Lipinski definition) is 5. The summed E-state index contributed by atoms with van der Waals surface area (Å²) in [6.45, 7) is 3.53. The Labute approximate surface area is 203 Å². The summed E-state index contributed by atoms with van der Waals surface area (Å²) in [5.74, 6) is 1.54. The molecule has 2 aliphatic heterocycles. The summed E-state index contributed by atoms with van der Waals surface area (Å²) >= 11 is 0.